The smallest absolute Gasteiger partial charge is 0.253 e. The molecule has 2 N–H and O–H groups in total. The van der Waals surface area contributed by atoms with E-state index in [-0.39, 0.29) is 28.8 Å². The molecule has 1 aliphatic carbocycles. The summed E-state index contributed by atoms with van der Waals surface area (Å²) in [5.41, 5.74) is 10.0. The summed E-state index contributed by atoms with van der Waals surface area (Å²) in [7, 11) is 0. The van der Waals surface area contributed by atoms with E-state index in [0.717, 1.165) is 36.9 Å². The minimum Gasteiger partial charge on any atom is -1.00 e. The third-order valence-corrected chi connectivity index (χ3v) is 7.89. The molecule has 1 saturated carbocycles. The SMILES string of the molecule is Cc1cccc(C[n+]2ccn([C@@H]3CC[C@H](C(C(N)=O)(c4ccccc4)c4ccccc4)C3)c2C)c1.[Br-]. The van der Waals surface area contributed by atoms with Crippen LogP contribution in [0.15, 0.2) is 97.3 Å². The maximum Gasteiger partial charge on any atom is 0.253 e. The molecule has 0 saturated heterocycles. The van der Waals surface area contributed by atoms with Crippen LogP contribution in [0.2, 0.25) is 0 Å². The van der Waals surface area contributed by atoms with Crippen LogP contribution in [-0.4, -0.2) is 10.5 Å². The minimum absolute atomic E-state index is 0. The van der Waals surface area contributed by atoms with Crippen molar-refractivity contribution >= 4 is 5.91 Å². The maximum atomic E-state index is 13.4. The highest BCUT2D eigenvalue weighted by atomic mass is 79.9. The second-order valence-corrected chi connectivity index (χ2v) is 9.94. The topological polar surface area (TPSA) is 51.9 Å². The fourth-order valence-corrected chi connectivity index (χ4v) is 6.21. The van der Waals surface area contributed by atoms with Gasteiger partial charge in [-0.2, -0.15) is 0 Å². The van der Waals surface area contributed by atoms with Gasteiger partial charge in [0.1, 0.15) is 30.4 Å². The molecule has 36 heavy (non-hydrogen) atoms. The van der Waals surface area contributed by atoms with Crippen molar-refractivity contribution in [2.24, 2.45) is 11.7 Å². The summed E-state index contributed by atoms with van der Waals surface area (Å²) < 4.78 is 4.72. The fraction of sp³-hybridized carbons (Fsp3) is 0.290. The van der Waals surface area contributed by atoms with Gasteiger partial charge in [0.2, 0.25) is 5.91 Å². The first-order valence-electron chi connectivity index (χ1n) is 12.5. The molecule has 5 heteroatoms. The van der Waals surface area contributed by atoms with Crippen LogP contribution in [0.3, 0.4) is 0 Å². The van der Waals surface area contributed by atoms with E-state index in [1.54, 1.807) is 0 Å². The van der Waals surface area contributed by atoms with Gasteiger partial charge in [0.25, 0.3) is 5.82 Å². The zero-order valence-electron chi connectivity index (χ0n) is 21.0. The molecule has 4 nitrogen and oxygen atoms in total. The van der Waals surface area contributed by atoms with E-state index in [1.165, 1.54) is 17.0 Å². The third-order valence-electron chi connectivity index (χ3n) is 7.89. The van der Waals surface area contributed by atoms with Crippen molar-refractivity contribution in [2.45, 2.75) is 51.1 Å². The number of rotatable bonds is 7. The first-order valence-corrected chi connectivity index (χ1v) is 12.5. The van der Waals surface area contributed by atoms with Crippen LogP contribution in [0.4, 0.5) is 0 Å². The molecule has 1 aliphatic rings. The number of imidazole rings is 1. The molecule has 3 aromatic carbocycles. The number of halogens is 1. The second-order valence-electron chi connectivity index (χ2n) is 9.94. The molecule has 186 valence electrons. The largest absolute Gasteiger partial charge is 1.00 e. The first-order chi connectivity index (χ1) is 17.0. The fourth-order valence-electron chi connectivity index (χ4n) is 6.21. The highest BCUT2D eigenvalue weighted by Crippen LogP contribution is 2.49. The average molecular weight is 545 g/mol. The van der Waals surface area contributed by atoms with Crippen LogP contribution >= 0.6 is 0 Å². The van der Waals surface area contributed by atoms with Crippen molar-refractivity contribution in [3.63, 3.8) is 0 Å². The predicted octanol–water partition coefficient (Wildman–Crippen LogP) is 2.26. The molecule has 4 aromatic rings. The molecule has 0 bridgehead atoms. The highest BCUT2D eigenvalue weighted by Gasteiger charge is 2.51. The summed E-state index contributed by atoms with van der Waals surface area (Å²) >= 11 is 0. The lowest BCUT2D eigenvalue weighted by molar-refractivity contribution is -0.694. The zero-order chi connectivity index (χ0) is 24.4. The summed E-state index contributed by atoms with van der Waals surface area (Å²) in [6, 6.07) is 29.3. The molecule has 0 radical (unpaired) electrons. The molecular weight excluding hydrogens is 510 g/mol. The lowest BCUT2D eigenvalue weighted by Gasteiger charge is -2.37. The Kier molecular flexibility index (Phi) is 7.79. The Balaban J connectivity index is 0.00000304. The van der Waals surface area contributed by atoms with Gasteiger partial charge in [-0.25, -0.2) is 9.13 Å². The van der Waals surface area contributed by atoms with Crippen molar-refractivity contribution < 1.29 is 26.3 Å². The minimum atomic E-state index is -0.837. The number of nitrogens with zero attached hydrogens (tertiary/aromatic N) is 2. The van der Waals surface area contributed by atoms with Gasteiger partial charge in [0, 0.05) is 6.92 Å². The Morgan fingerprint density at radius 3 is 2.17 bits per heavy atom. The number of aryl methyl sites for hydroxylation is 1. The number of hydrogen-bond donors (Lipinski definition) is 1. The van der Waals surface area contributed by atoms with Crippen LogP contribution in [-0.2, 0) is 16.8 Å². The van der Waals surface area contributed by atoms with E-state index in [0.29, 0.717) is 6.04 Å². The molecule has 1 heterocycles. The number of primary amides is 1. The van der Waals surface area contributed by atoms with E-state index < -0.39 is 5.41 Å². The second kappa shape index (κ2) is 10.8. The molecule has 5 rings (SSSR count). The third kappa shape index (κ3) is 4.64. The van der Waals surface area contributed by atoms with Crippen molar-refractivity contribution in [3.05, 3.63) is 125 Å². The van der Waals surface area contributed by atoms with Crippen LogP contribution < -0.4 is 27.3 Å². The maximum absolute atomic E-state index is 13.4. The monoisotopic (exact) mass is 543 g/mol. The Morgan fingerprint density at radius 1 is 0.944 bits per heavy atom. The van der Waals surface area contributed by atoms with E-state index >= 15 is 0 Å². The summed E-state index contributed by atoms with van der Waals surface area (Å²) in [6.07, 6.45) is 7.27. The molecule has 0 spiro atoms. The van der Waals surface area contributed by atoms with Crippen LogP contribution in [0.1, 0.15) is 53.4 Å². The first kappa shape index (κ1) is 25.9. The zero-order valence-corrected chi connectivity index (χ0v) is 22.6. The van der Waals surface area contributed by atoms with E-state index in [9.17, 15) is 4.79 Å². The van der Waals surface area contributed by atoms with Crippen molar-refractivity contribution in [1.82, 2.24) is 4.57 Å². The summed E-state index contributed by atoms with van der Waals surface area (Å²) in [5.74, 6) is 1.10. The van der Waals surface area contributed by atoms with Gasteiger partial charge in [0.15, 0.2) is 0 Å². The van der Waals surface area contributed by atoms with Crippen LogP contribution in [0.25, 0.3) is 0 Å². The Hall–Kier alpha value is -3.18. The van der Waals surface area contributed by atoms with Crippen molar-refractivity contribution in [1.29, 1.82) is 0 Å². The van der Waals surface area contributed by atoms with Crippen molar-refractivity contribution in [2.75, 3.05) is 0 Å². The van der Waals surface area contributed by atoms with Gasteiger partial charge in [-0.3, -0.25) is 4.79 Å². The highest BCUT2D eigenvalue weighted by molar-refractivity contribution is 5.91. The van der Waals surface area contributed by atoms with Gasteiger partial charge in [-0.15, -0.1) is 0 Å². The molecule has 1 amide bonds. The van der Waals surface area contributed by atoms with E-state index in [1.807, 2.05) is 36.4 Å². The van der Waals surface area contributed by atoms with Crippen LogP contribution in [0, 0.1) is 19.8 Å². The van der Waals surface area contributed by atoms with Gasteiger partial charge < -0.3 is 22.7 Å². The Bertz CT molecular complexity index is 1280. The standard InChI is InChI=1S/C31H33N3O.BrH/c1-23-10-9-11-25(20-23)22-33-18-19-34(24(33)2)29-17-16-28(21-29)31(30(32)35,26-12-5-3-6-13-26)27-14-7-4-8-15-27;/h3-15,18-20,28-29H,16-17,21-22H2,1-2H3,(H-,32,35);1H/t28-,29+;/m0./s1. The average Bonchev–Trinajstić information content (AvgIpc) is 3.48. The quantitative estimate of drug-likeness (QED) is 0.357. The Labute approximate surface area is 224 Å². The van der Waals surface area contributed by atoms with Gasteiger partial charge >= 0.3 is 0 Å². The van der Waals surface area contributed by atoms with E-state index in [2.05, 4.69) is 83.9 Å². The number of aromatic nitrogens is 2. The number of benzene rings is 3. The molecule has 1 fully saturated rings. The van der Waals surface area contributed by atoms with Gasteiger partial charge in [0.05, 0.1) is 0 Å². The lowest BCUT2D eigenvalue weighted by Crippen LogP contribution is -3.00. The number of nitrogens with two attached hydrogens (primary N) is 1. The molecule has 0 aliphatic heterocycles. The predicted molar refractivity (Wildman–Crippen MR) is 139 cm³/mol. The van der Waals surface area contributed by atoms with Gasteiger partial charge in [-0.1, -0.05) is 90.5 Å². The van der Waals surface area contributed by atoms with E-state index in [4.69, 9.17) is 5.73 Å². The lowest BCUT2D eigenvalue weighted by atomic mass is 9.64. The number of carbonyl (C=O) groups is 1. The number of carbonyl (C=O) groups excluding carboxylic acids is 1. The molecule has 0 unspecified atom stereocenters. The Morgan fingerprint density at radius 2 is 1.58 bits per heavy atom. The normalized spacial score (nSPS) is 17.5. The number of amides is 1. The molecule has 2 atom stereocenters. The van der Waals surface area contributed by atoms with Crippen molar-refractivity contribution in [3.8, 4) is 0 Å². The summed E-state index contributed by atoms with van der Waals surface area (Å²) in [4.78, 5) is 13.4. The molecule has 1 aromatic heterocycles. The van der Waals surface area contributed by atoms with Crippen LogP contribution in [0.5, 0.6) is 0 Å². The molecular formula is C31H34BrN3O. The van der Waals surface area contributed by atoms with Gasteiger partial charge in [-0.05, 0) is 48.8 Å². The summed E-state index contributed by atoms with van der Waals surface area (Å²) in [5, 5.41) is 0. The summed E-state index contributed by atoms with van der Waals surface area (Å²) in [6.45, 7) is 5.18. The number of hydrogen-bond acceptors (Lipinski definition) is 1.